The van der Waals surface area contributed by atoms with Crippen LogP contribution >= 0.6 is 15.9 Å². The lowest BCUT2D eigenvalue weighted by Crippen LogP contribution is -2.51. The summed E-state index contributed by atoms with van der Waals surface area (Å²) in [4.78, 5) is 28.2. The molecule has 0 aliphatic carbocycles. The zero-order valence-corrected chi connectivity index (χ0v) is 24.0. The van der Waals surface area contributed by atoms with E-state index in [1.54, 1.807) is 49.4 Å². The average molecular weight is 603 g/mol. The Morgan fingerprint density at radius 3 is 2.24 bits per heavy atom. The molecule has 0 saturated heterocycles. The molecule has 3 aromatic carbocycles. The molecule has 0 unspecified atom stereocenters. The summed E-state index contributed by atoms with van der Waals surface area (Å²) in [7, 11) is -2.72. The van der Waals surface area contributed by atoms with Crippen molar-refractivity contribution in [3.05, 3.63) is 88.9 Å². The smallest absolute Gasteiger partial charge is 0.264 e. The molecule has 0 spiro atoms. The van der Waals surface area contributed by atoms with E-state index in [1.807, 2.05) is 31.2 Å². The Balaban J connectivity index is 2.04. The summed E-state index contributed by atoms with van der Waals surface area (Å²) in [5.41, 5.74) is 1.02. The molecule has 10 heteroatoms. The van der Waals surface area contributed by atoms with Gasteiger partial charge in [0.1, 0.15) is 18.3 Å². The number of carbonyl (C=O) groups is 2. The predicted octanol–water partition coefficient (Wildman–Crippen LogP) is 4.60. The van der Waals surface area contributed by atoms with Crippen molar-refractivity contribution in [2.45, 2.75) is 37.8 Å². The monoisotopic (exact) mass is 601 g/mol. The van der Waals surface area contributed by atoms with Gasteiger partial charge in [0, 0.05) is 17.6 Å². The van der Waals surface area contributed by atoms with E-state index in [0.29, 0.717) is 12.3 Å². The maximum absolute atomic E-state index is 13.9. The summed E-state index contributed by atoms with van der Waals surface area (Å²) in [5, 5.41) is 2.83. The number of sulfonamides is 1. The molecule has 8 nitrogen and oxygen atoms in total. The van der Waals surface area contributed by atoms with Crippen LogP contribution in [0.5, 0.6) is 5.75 Å². The third-order valence-electron chi connectivity index (χ3n) is 5.95. The molecular weight excluding hydrogens is 570 g/mol. The summed E-state index contributed by atoms with van der Waals surface area (Å²) >= 11 is 3.41. The van der Waals surface area contributed by atoms with Crippen molar-refractivity contribution in [3.63, 3.8) is 0 Å². The largest absolute Gasteiger partial charge is 0.495 e. The molecule has 0 aromatic heterocycles. The van der Waals surface area contributed by atoms with Crippen LogP contribution in [0.3, 0.4) is 0 Å². The number of rotatable bonds is 12. The highest BCUT2D eigenvalue weighted by Gasteiger charge is 2.33. The highest BCUT2D eigenvalue weighted by atomic mass is 79.9. The fourth-order valence-electron chi connectivity index (χ4n) is 3.83. The van der Waals surface area contributed by atoms with Crippen molar-refractivity contribution in [2.24, 2.45) is 0 Å². The fraction of sp³-hybridized carbons (Fsp3) is 0.286. The summed E-state index contributed by atoms with van der Waals surface area (Å²) in [6, 6.07) is 21.1. The van der Waals surface area contributed by atoms with E-state index in [0.717, 1.165) is 20.8 Å². The Kier molecular flexibility index (Phi) is 10.3. The zero-order valence-electron chi connectivity index (χ0n) is 21.6. The number of hydrogen-bond donors (Lipinski definition) is 1. The lowest BCUT2D eigenvalue weighted by atomic mass is 10.1. The third-order valence-corrected chi connectivity index (χ3v) is 8.25. The van der Waals surface area contributed by atoms with Crippen LogP contribution in [0.1, 0.15) is 25.8 Å². The summed E-state index contributed by atoms with van der Waals surface area (Å²) in [5.74, 6) is -0.544. The summed E-state index contributed by atoms with van der Waals surface area (Å²) in [6.07, 6.45) is 0.746. The molecule has 1 atom stereocenters. The van der Waals surface area contributed by atoms with Gasteiger partial charge in [-0.1, -0.05) is 65.3 Å². The van der Waals surface area contributed by atoms with Crippen molar-refractivity contribution >= 4 is 43.5 Å². The first kappa shape index (κ1) is 29.2. The number of carbonyl (C=O) groups excluding carboxylic acids is 2. The van der Waals surface area contributed by atoms with Crippen LogP contribution in [0.4, 0.5) is 5.69 Å². The molecule has 0 bridgehead atoms. The van der Waals surface area contributed by atoms with Crippen LogP contribution in [0, 0.1) is 0 Å². The lowest BCUT2D eigenvalue weighted by molar-refractivity contribution is -0.139. The van der Waals surface area contributed by atoms with Gasteiger partial charge < -0.3 is 15.0 Å². The Morgan fingerprint density at radius 2 is 1.61 bits per heavy atom. The van der Waals surface area contributed by atoms with E-state index in [1.165, 1.54) is 24.1 Å². The topological polar surface area (TPSA) is 96.0 Å². The molecule has 0 aliphatic heterocycles. The Bertz CT molecular complexity index is 1330. The van der Waals surface area contributed by atoms with E-state index in [-0.39, 0.29) is 23.0 Å². The number of methoxy groups -OCH3 is 1. The van der Waals surface area contributed by atoms with E-state index in [2.05, 4.69) is 21.2 Å². The van der Waals surface area contributed by atoms with Crippen LogP contribution in [0.25, 0.3) is 0 Å². The predicted molar refractivity (Wildman–Crippen MR) is 151 cm³/mol. The second kappa shape index (κ2) is 13.4. The van der Waals surface area contributed by atoms with Crippen molar-refractivity contribution in [2.75, 3.05) is 24.5 Å². The number of amides is 2. The van der Waals surface area contributed by atoms with Gasteiger partial charge in [0.05, 0.1) is 17.7 Å². The van der Waals surface area contributed by atoms with Gasteiger partial charge in [-0.3, -0.25) is 13.9 Å². The van der Waals surface area contributed by atoms with Gasteiger partial charge in [0.2, 0.25) is 11.8 Å². The Labute approximate surface area is 232 Å². The maximum atomic E-state index is 13.9. The third kappa shape index (κ3) is 7.14. The number of benzene rings is 3. The molecular formula is C28H32BrN3O5S. The number of anilines is 1. The SMILES string of the molecule is CCCNC(=O)[C@@H](C)N(Cc1ccc(Br)cc1)C(=O)CN(c1ccccc1OC)S(=O)(=O)c1ccccc1. The molecule has 202 valence electrons. The second-order valence-corrected chi connectivity index (χ2v) is 11.4. The number of nitrogens with zero attached hydrogens (tertiary/aromatic N) is 2. The van der Waals surface area contributed by atoms with Gasteiger partial charge in [-0.2, -0.15) is 0 Å². The molecule has 0 aliphatic rings. The first-order chi connectivity index (χ1) is 18.2. The first-order valence-electron chi connectivity index (χ1n) is 12.2. The van der Waals surface area contributed by atoms with Gasteiger partial charge in [0.15, 0.2) is 0 Å². The van der Waals surface area contributed by atoms with Gasteiger partial charge >= 0.3 is 0 Å². The highest BCUT2D eigenvalue weighted by Crippen LogP contribution is 2.32. The first-order valence-corrected chi connectivity index (χ1v) is 14.4. The van der Waals surface area contributed by atoms with Gasteiger partial charge in [-0.05, 0) is 55.3 Å². The zero-order chi connectivity index (χ0) is 27.7. The molecule has 0 heterocycles. The normalized spacial score (nSPS) is 11.9. The molecule has 3 rings (SSSR count). The van der Waals surface area contributed by atoms with Crippen LogP contribution in [0.2, 0.25) is 0 Å². The fourth-order valence-corrected chi connectivity index (χ4v) is 5.54. The standard InChI is InChI=1S/C28H32BrN3O5S/c1-4-18-30-28(34)21(2)31(19-22-14-16-23(29)17-15-22)27(33)20-32(25-12-8-9-13-26(25)37-3)38(35,36)24-10-6-5-7-11-24/h5-17,21H,4,18-20H2,1-3H3,(H,30,34)/t21-/m1/s1. The second-order valence-electron chi connectivity index (χ2n) is 8.61. The van der Waals surface area contributed by atoms with E-state index in [9.17, 15) is 18.0 Å². The average Bonchev–Trinajstić information content (AvgIpc) is 2.94. The molecule has 0 radical (unpaired) electrons. The van der Waals surface area contributed by atoms with Gasteiger partial charge in [-0.25, -0.2) is 8.42 Å². The van der Waals surface area contributed by atoms with E-state index >= 15 is 0 Å². The Hall–Kier alpha value is -3.37. The van der Waals surface area contributed by atoms with Gasteiger partial charge in [0.25, 0.3) is 10.0 Å². The minimum atomic E-state index is -4.15. The van der Waals surface area contributed by atoms with Crippen molar-refractivity contribution in [3.8, 4) is 5.75 Å². The number of nitrogens with one attached hydrogen (secondary N) is 1. The van der Waals surface area contributed by atoms with Crippen molar-refractivity contribution in [1.29, 1.82) is 0 Å². The highest BCUT2D eigenvalue weighted by molar-refractivity contribution is 9.10. The summed E-state index contributed by atoms with van der Waals surface area (Å²) < 4.78 is 35.0. The van der Waals surface area contributed by atoms with Gasteiger partial charge in [-0.15, -0.1) is 0 Å². The minimum Gasteiger partial charge on any atom is -0.495 e. The number of para-hydroxylation sites is 2. The molecule has 3 aromatic rings. The maximum Gasteiger partial charge on any atom is 0.264 e. The number of halogens is 1. The molecule has 0 saturated carbocycles. The van der Waals surface area contributed by atoms with E-state index in [4.69, 9.17) is 4.74 Å². The molecule has 1 N–H and O–H groups in total. The summed E-state index contributed by atoms with van der Waals surface area (Å²) in [6.45, 7) is 3.65. The molecule has 0 fully saturated rings. The van der Waals surface area contributed by atoms with Crippen LogP contribution in [-0.2, 0) is 26.2 Å². The van der Waals surface area contributed by atoms with Crippen molar-refractivity contribution in [1.82, 2.24) is 10.2 Å². The molecule has 38 heavy (non-hydrogen) atoms. The van der Waals surface area contributed by atoms with Crippen molar-refractivity contribution < 1.29 is 22.7 Å². The lowest BCUT2D eigenvalue weighted by Gasteiger charge is -2.32. The minimum absolute atomic E-state index is 0.0342. The number of ether oxygens (including phenoxy) is 1. The van der Waals surface area contributed by atoms with Crippen LogP contribution in [0.15, 0.2) is 88.2 Å². The molecule has 2 amide bonds. The quantitative estimate of drug-likeness (QED) is 0.327. The van der Waals surface area contributed by atoms with E-state index < -0.39 is 28.5 Å². The Morgan fingerprint density at radius 1 is 0.974 bits per heavy atom. The van der Waals surface area contributed by atoms with Crippen LogP contribution < -0.4 is 14.4 Å². The van der Waals surface area contributed by atoms with Crippen LogP contribution in [-0.4, -0.2) is 51.4 Å². The number of hydrogen-bond acceptors (Lipinski definition) is 5.